The van der Waals surface area contributed by atoms with Crippen molar-refractivity contribution in [3.05, 3.63) is 59.1 Å². The number of anilines is 1. The topological polar surface area (TPSA) is 60.5 Å². The van der Waals surface area contributed by atoms with Crippen LogP contribution in [0.4, 0.5) is 11.4 Å². The van der Waals surface area contributed by atoms with E-state index < -0.39 is 0 Å². The second-order valence-corrected chi connectivity index (χ2v) is 3.88. The predicted octanol–water partition coefficient (Wildman–Crippen LogP) is 4.32. The molecule has 0 spiro atoms. The van der Waals surface area contributed by atoms with Crippen LogP contribution in [0.25, 0.3) is 0 Å². The quantitative estimate of drug-likeness (QED) is 0.657. The molecule has 0 atom stereocenters. The Kier molecular flexibility index (Phi) is 3.90. The fourth-order valence-corrected chi connectivity index (χ4v) is 1.44. The predicted molar refractivity (Wildman–Crippen MR) is 70.7 cm³/mol. The average Bonchev–Trinajstić information content (AvgIpc) is 2.41. The van der Waals surface area contributed by atoms with Crippen LogP contribution in [-0.4, -0.2) is 0 Å². The summed E-state index contributed by atoms with van der Waals surface area (Å²) in [5.41, 5.74) is 4.55. The van der Waals surface area contributed by atoms with E-state index >= 15 is 0 Å². The van der Waals surface area contributed by atoms with Crippen LogP contribution in [0, 0.1) is 11.3 Å². The van der Waals surface area contributed by atoms with Gasteiger partial charge in [-0.05, 0) is 36.4 Å². The van der Waals surface area contributed by atoms with Crippen LogP contribution in [0.15, 0.2) is 58.9 Å². The first-order valence-electron chi connectivity index (χ1n) is 5.21. The first kappa shape index (κ1) is 12.1. The van der Waals surface area contributed by atoms with Crippen molar-refractivity contribution in [2.45, 2.75) is 0 Å². The summed E-state index contributed by atoms with van der Waals surface area (Å²) in [5, 5.41) is 17.3. The van der Waals surface area contributed by atoms with Crippen LogP contribution in [0.3, 0.4) is 0 Å². The zero-order valence-electron chi connectivity index (χ0n) is 9.34. The molecule has 2 rings (SSSR count). The molecule has 0 aliphatic heterocycles. The van der Waals surface area contributed by atoms with E-state index in [-0.39, 0.29) is 0 Å². The van der Waals surface area contributed by atoms with Crippen molar-refractivity contribution in [1.82, 2.24) is 0 Å². The lowest BCUT2D eigenvalue weighted by Crippen LogP contribution is -1.85. The Balaban J connectivity index is 2.08. The third kappa shape index (κ3) is 3.06. The zero-order chi connectivity index (χ0) is 12.8. The summed E-state index contributed by atoms with van der Waals surface area (Å²) in [6, 6.07) is 16.1. The number of nitriles is 1. The van der Waals surface area contributed by atoms with Gasteiger partial charge >= 0.3 is 0 Å². The number of hydrogen-bond donors (Lipinski definition) is 1. The van der Waals surface area contributed by atoms with E-state index in [0.717, 1.165) is 5.69 Å². The lowest BCUT2D eigenvalue weighted by Gasteiger charge is -1.99. The molecule has 0 saturated heterocycles. The Morgan fingerprint density at radius 2 is 1.78 bits per heavy atom. The van der Waals surface area contributed by atoms with Gasteiger partial charge in [0.2, 0.25) is 0 Å². The van der Waals surface area contributed by atoms with E-state index in [4.69, 9.17) is 16.9 Å². The van der Waals surface area contributed by atoms with Crippen molar-refractivity contribution in [3.8, 4) is 6.07 Å². The number of rotatable bonds is 3. The van der Waals surface area contributed by atoms with Crippen molar-refractivity contribution >= 4 is 23.0 Å². The third-order valence-corrected chi connectivity index (χ3v) is 2.46. The smallest absolute Gasteiger partial charge is 0.105 e. The van der Waals surface area contributed by atoms with E-state index in [0.29, 0.717) is 16.3 Å². The number of nitrogens with one attached hydrogen (secondary N) is 1. The van der Waals surface area contributed by atoms with Crippen molar-refractivity contribution in [2.75, 3.05) is 5.43 Å². The number of hydrogen-bond acceptors (Lipinski definition) is 3. The molecule has 88 valence electrons. The second-order valence-electron chi connectivity index (χ2n) is 3.45. The Morgan fingerprint density at radius 3 is 2.50 bits per heavy atom. The van der Waals surface area contributed by atoms with Crippen LogP contribution in [0.2, 0.25) is 5.02 Å². The van der Waals surface area contributed by atoms with Gasteiger partial charge in [-0.15, -0.1) is 5.11 Å². The highest BCUT2D eigenvalue weighted by Crippen LogP contribution is 2.18. The molecule has 1 N–H and O–H groups in total. The Morgan fingerprint density at radius 1 is 1.06 bits per heavy atom. The molecule has 18 heavy (non-hydrogen) atoms. The molecule has 0 fully saturated rings. The molecule has 2 aromatic rings. The van der Waals surface area contributed by atoms with E-state index in [1.807, 2.05) is 0 Å². The number of nitrogens with zero attached hydrogens (tertiary/aromatic N) is 3. The summed E-state index contributed by atoms with van der Waals surface area (Å²) in [6.07, 6.45) is 0. The van der Waals surface area contributed by atoms with Crippen molar-refractivity contribution < 1.29 is 0 Å². The number of halogens is 1. The molecule has 0 radical (unpaired) electrons. The number of benzene rings is 2. The molecule has 5 heteroatoms. The summed E-state index contributed by atoms with van der Waals surface area (Å²) in [6.45, 7) is 0. The summed E-state index contributed by atoms with van der Waals surface area (Å²) < 4.78 is 0. The van der Waals surface area contributed by atoms with Crippen LogP contribution in [-0.2, 0) is 0 Å². The first-order valence-corrected chi connectivity index (χ1v) is 5.59. The molecule has 4 nitrogen and oxygen atoms in total. The normalized spacial score (nSPS) is 10.2. The van der Waals surface area contributed by atoms with Gasteiger partial charge in [0.15, 0.2) is 0 Å². The highest BCUT2D eigenvalue weighted by molar-refractivity contribution is 6.30. The van der Waals surface area contributed by atoms with Gasteiger partial charge in [-0.1, -0.05) is 29.0 Å². The SMILES string of the molecule is N#Cc1ccccc1N=NNc1ccc(Cl)cc1. The van der Waals surface area contributed by atoms with Crippen LogP contribution >= 0.6 is 11.6 Å². The van der Waals surface area contributed by atoms with Crippen LogP contribution < -0.4 is 5.43 Å². The van der Waals surface area contributed by atoms with Gasteiger partial charge in [-0.3, -0.25) is 5.43 Å². The van der Waals surface area contributed by atoms with Crippen LogP contribution in [0.5, 0.6) is 0 Å². The fourth-order valence-electron chi connectivity index (χ4n) is 1.32. The fraction of sp³-hybridized carbons (Fsp3) is 0. The maximum atomic E-state index is 8.88. The molecule has 0 bridgehead atoms. The molecule has 0 aromatic heterocycles. The van der Waals surface area contributed by atoms with E-state index in [1.165, 1.54) is 0 Å². The standard InChI is InChI=1S/C13H9ClN4/c14-11-5-7-12(8-6-11)16-18-17-13-4-2-1-3-10(13)9-15/h1-8H,(H,16,17). The molecular weight excluding hydrogens is 248 g/mol. The maximum absolute atomic E-state index is 8.88. The molecule has 0 aliphatic carbocycles. The zero-order valence-corrected chi connectivity index (χ0v) is 10.1. The monoisotopic (exact) mass is 256 g/mol. The molecule has 0 aliphatic rings. The molecule has 0 heterocycles. The van der Waals surface area contributed by atoms with Gasteiger partial charge < -0.3 is 0 Å². The molecule has 0 amide bonds. The van der Waals surface area contributed by atoms with E-state index in [2.05, 4.69) is 21.8 Å². The third-order valence-electron chi connectivity index (χ3n) is 2.21. The molecular formula is C13H9ClN4. The van der Waals surface area contributed by atoms with Crippen molar-refractivity contribution in [3.63, 3.8) is 0 Å². The maximum Gasteiger partial charge on any atom is 0.105 e. The lowest BCUT2D eigenvalue weighted by atomic mass is 10.2. The molecule has 2 aromatic carbocycles. The molecule has 0 unspecified atom stereocenters. The summed E-state index contributed by atoms with van der Waals surface area (Å²) in [7, 11) is 0. The second kappa shape index (κ2) is 5.80. The minimum atomic E-state index is 0.485. The van der Waals surface area contributed by atoms with Gasteiger partial charge in [-0.2, -0.15) is 5.26 Å². The largest absolute Gasteiger partial charge is 0.260 e. The van der Waals surface area contributed by atoms with Crippen molar-refractivity contribution in [2.24, 2.45) is 10.3 Å². The van der Waals surface area contributed by atoms with Gasteiger partial charge in [-0.25, -0.2) is 0 Å². The van der Waals surface area contributed by atoms with Gasteiger partial charge in [0.1, 0.15) is 11.8 Å². The Labute approximate surface area is 110 Å². The Hall–Kier alpha value is -2.38. The first-order chi connectivity index (χ1) is 8.79. The van der Waals surface area contributed by atoms with Gasteiger partial charge in [0, 0.05) is 5.02 Å². The highest BCUT2D eigenvalue weighted by Gasteiger charge is 1.97. The van der Waals surface area contributed by atoms with Crippen molar-refractivity contribution in [1.29, 1.82) is 5.26 Å². The Bertz CT molecular complexity index is 599. The van der Waals surface area contributed by atoms with E-state index in [1.54, 1.807) is 48.5 Å². The summed E-state index contributed by atoms with van der Waals surface area (Å²) in [5.74, 6) is 0. The average molecular weight is 257 g/mol. The minimum absolute atomic E-state index is 0.485. The van der Waals surface area contributed by atoms with Crippen LogP contribution in [0.1, 0.15) is 5.56 Å². The van der Waals surface area contributed by atoms with E-state index in [9.17, 15) is 0 Å². The highest BCUT2D eigenvalue weighted by atomic mass is 35.5. The van der Waals surface area contributed by atoms with Gasteiger partial charge in [0.25, 0.3) is 0 Å². The summed E-state index contributed by atoms with van der Waals surface area (Å²) >= 11 is 5.76. The van der Waals surface area contributed by atoms with Gasteiger partial charge in [0.05, 0.1) is 11.3 Å². The summed E-state index contributed by atoms with van der Waals surface area (Å²) in [4.78, 5) is 0. The lowest BCUT2D eigenvalue weighted by molar-refractivity contribution is 1.13. The minimum Gasteiger partial charge on any atom is -0.260 e. The molecule has 0 saturated carbocycles.